The van der Waals surface area contributed by atoms with Crippen molar-refractivity contribution < 1.29 is 18.3 Å². The Balaban J connectivity index is 3.21. The lowest BCUT2D eigenvalue weighted by atomic mass is 10.3. The first-order chi connectivity index (χ1) is 7.04. The number of nitrogens with zero attached hydrogens (tertiary/aromatic N) is 1. The number of carboxylic acid groups (broad SMARTS) is 1. The maximum absolute atomic E-state index is 10.7. The van der Waals surface area contributed by atoms with Crippen molar-refractivity contribution in [1.29, 1.82) is 0 Å². The monoisotopic (exact) mass is 227 g/mol. The van der Waals surface area contributed by atoms with Crippen LogP contribution in [0.15, 0.2) is 30.3 Å². The fourth-order valence-corrected chi connectivity index (χ4v) is 1.57. The molecule has 0 aliphatic carbocycles. The van der Waals surface area contributed by atoms with E-state index >= 15 is 0 Å². The Morgan fingerprint density at radius 2 is 1.80 bits per heavy atom. The predicted molar refractivity (Wildman–Crippen MR) is 56.4 cm³/mol. The van der Waals surface area contributed by atoms with E-state index in [0.29, 0.717) is 5.69 Å². The lowest BCUT2D eigenvalue weighted by Crippen LogP contribution is -2.33. The highest BCUT2D eigenvalue weighted by Gasteiger charge is 2.18. The molecule has 1 aromatic rings. The highest BCUT2D eigenvalue weighted by molar-refractivity contribution is 7.75. The number of benzene rings is 1. The molecule has 0 bridgehead atoms. The van der Waals surface area contributed by atoms with E-state index in [1.54, 1.807) is 30.3 Å². The van der Waals surface area contributed by atoms with Gasteiger partial charge >= 0.3 is 5.97 Å². The third kappa shape index (κ3) is 2.57. The molecule has 0 aliphatic rings. The van der Waals surface area contributed by atoms with Crippen LogP contribution in [0.2, 0.25) is 0 Å². The van der Waals surface area contributed by atoms with Gasteiger partial charge in [-0.15, -0.1) is 0 Å². The number of hydrogen-bond acceptors (Lipinski definition) is 3. The van der Waals surface area contributed by atoms with E-state index < -0.39 is 21.3 Å². The fourth-order valence-electron chi connectivity index (χ4n) is 1.10. The van der Waals surface area contributed by atoms with Gasteiger partial charge in [0.05, 0.1) is 0 Å². The first kappa shape index (κ1) is 11.3. The van der Waals surface area contributed by atoms with Crippen LogP contribution < -0.4 is 4.90 Å². The Morgan fingerprint density at radius 1 is 1.27 bits per heavy atom. The maximum atomic E-state index is 10.7. The predicted octanol–water partition coefficient (Wildman–Crippen LogP) is 0.216. The fraction of sp³-hybridized carbons (Fsp3) is 0.111. The van der Waals surface area contributed by atoms with Crippen molar-refractivity contribution >= 4 is 26.9 Å². The summed E-state index contributed by atoms with van der Waals surface area (Å²) in [6.07, 6.45) is 0. The van der Waals surface area contributed by atoms with Gasteiger partial charge in [0.2, 0.25) is 15.3 Å². The standard InChI is InChI=1S/C9H9NO4S/c1-10(7-5-3-2-4-6-7)8(9(11)12)15(13)14/h2-6H,1H3,(H,11,12). The van der Waals surface area contributed by atoms with Gasteiger partial charge in [-0.3, -0.25) is 0 Å². The van der Waals surface area contributed by atoms with Crippen LogP contribution in [-0.4, -0.2) is 31.5 Å². The first-order valence-electron chi connectivity index (χ1n) is 4.02. The summed E-state index contributed by atoms with van der Waals surface area (Å²) in [7, 11) is -1.39. The molecule has 1 N–H and O–H groups in total. The number of para-hydroxylation sites is 1. The average molecular weight is 227 g/mol. The van der Waals surface area contributed by atoms with Gasteiger partial charge in [0, 0.05) is 12.7 Å². The van der Waals surface area contributed by atoms with E-state index in [9.17, 15) is 13.2 Å². The van der Waals surface area contributed by atoms with E-state index in [-0.39, 0.29) is 0 Å². The molecule has 80 valence electrons. The number of anilines is 1. The van der Waals surface area contributed by atoms with Crippen molar-refractivity contribution in [2.75, 3.05) is 11.9 Å². The number of aliphatic carboxylic acids is 1. The molecule has 0 aliphatic heterocycles. The SMILES string of the molecule is CN(C(C(=O)O)=S(=O)=O)c1ccccc1. The number of carboxylic acids is 1. The molecular formula is C9H9NO4S. The second-order valence-electron chi connectivity index (χ2n) is 2.74. The highest BCUT2D eigenvalue weighted by Crippen LogP contribution is 2.11. The summed E-state index contributed by atoms with van der Waals surface area (Å²) in [6, 6.07) is 8.38. The van der Waals surface area contributed by atoms with Gasteiger partial charge in [-0.2, -0.15) is 8.42 Å². The van der Waals surface area contributed by atoms with Gasteiger partial charge in [0.1, 0.15) is 0 Å². The molecule has 0 fully saturated rings. The summed E-state index contributed by atoms with van der Waals surface area (Å²) >= 11 is 0. The van der Waals surface area contributed by atoms with Crippen LogP contribution in [0.4, 0.5) is 5.69 Å². The van der Waals surface area contributed by atoms with Crippen molar-refractivity contribution in [3.05, 3.63) is 30.3 Å². The Bertz CT molecular complexity index is 484. The van der Waals surface area contributed by atoms with Crippen LogP contribution in [0.1, 0.15) is 0 Å². The molecule has 0 unspecified atom stereocenters. The van der Waals surface area contributed by atoms with Crippen molar-refractivity contribution in [2.45, 2.75) is 0 Å². The van der Waals surface area contributed by atoms with Crippen molar-refractivity contribution in [3.8, 4) is 0 Å². The van der Waals surface area contributed by atoms with E-state index in [0.717, 1.165) is 4.90 Å². The van der Waals surface area contributed by atoms with E-state index in [1.807, 2.05) is 0 Å². The van der Waals surface area contributed by atoms with Crippen LogP contribution in [0.5, 0.6) is 0 Å². The minimum absolute atomic E-state index is 0.499. The molecule has 6 heteroatoms. The van der Waals surface area contributed by atoms with Gasteiger partial charge in [-0.05, 0) is 12.1 Å². The van der Waals surface area contributed by atoms with Gasteiger partial charge in [0.25, 0.3) is 0 Å². The van der Waals surface area contributed by atoms with Crippen LogP contribution in [0, 0.1) is 0 Å². The molecule has 0 amide bonds. The number of likely N-dealkylation sites (N-methyl/N-ethyl adjacent to an activating group) is 1. The zero-order chi connectivity index (χ0) is 11.4. The number of rotatable bonds is 1. The second kappa shape index (κ2) is 4.61. The largest absolute Gasteiger partial charge is 0.476 e. The average Bonchev–Trinajstić information content (AvgIpc) is 2.18. The van der Waals surface area contributed by atoms with Gasteiger partial charge < -0.3 is 10.0 Å². The molecule has 15 heavy (non-hydrogen) atoms. The molecule has 0 saturated heterocycles. The Labute approximate surface area is 88.1 Å². The summed E-state index contributed by atoms with van der Waals surface area (Å²) in [6.45, 7) is 0. The molecular weight excluding hydrogens is 218 g/mol. The van der Waals surface area contributed by atoms with E-state index in [1.165, 1.54) is 7.05 Å². The normalized spacial score (nSPS) is 9.40. The summed E-state index contributed by atoms with van der Waals surface area (Å²) in [5.74, 6) is -1.48. The third-order valence-corrected chi connectivity index (χ3v) is 2.55. The van der Waals surface area contributed by atoms with Crippen LogP contribution in [-0.2, 0) is 15.1 Å². The third-order valence-electron chi connectivity index (χ3n) is 1.79. The molecule has 5 nitrogen and oxygen atoms in total. The Morgan fingerprint density at radius 3 is 2.20 bits per heavy atom. The van der Waals surface area contributed by atoms with Crippen molar-refractivity contribution in [3.63, 3.8) is 0 Å². The van der Waals surface area contributed by atoms with Gasteiger partial charge in [-0.1, -0.05) is 18.2 Å². The van der Waals surface area contributed by atoms with Crippen molar-refractivity contribution in [2.24, 2.45) is 0 Å². The molecule has 0 heterocycles. The molecule has 0 saturated carbocycles. The molecule has 0 atom stereocenters. The van der Waals surface area contributed by atoms with Crippen LogP contribution in [0.3, 0.4) is 0 Å². The Hall–Kier alpha value is -1.82. The zero-order valence-electron chi connectivity index (χ0n) is 7.91. The first-order valence-corrected chi connectivity index (χ1v) is 5.10. The van der Waals surface area contributed by atoms with Gasteiger partial charge in [-0.25, -0.2) is 4.79 Å². The summed E-state index contributed by atoms with van der Waals surface area (Å²) in [5.41, 5.74) is 0.499. The lowest BCUT2D eigenvalue weighted by molar-refractivity contribution is -0.129. The smallest absolute Gasteiger partial charge is 0.368 e. The van der Waals surface area contributed by atoms with E-state index in [2.05, 4.69) is 0 Å². The minimum Gasteiger partial charge on any atom is -0.476 e. The highest BCUT2D eigenvalue weighted by atomic mass is 32.2. The number of carbonyl (C=O) groups is 1. The van der Waals surface area contributed by atoms with Gasteiger partial charge in [0.15, 0.2) is 0 Å². The number of hydrogen-bond donors (Lipinski definition) is 1. The topological polar surface area (TPSA) is 74.7 Å². The Kier molecular flexibility index (Phi) is 3.46. The second-order valence-corrected chi connectivity index (χ2v) is 3.60. The molecule has 0 radical (unpaired) electrons. The minimum atomic E-state index is -2.77. The lowest BCUT2D eigenvalue weighted by Gasteiger charge is -2.15. The molecule has 0 aromatic heterocycles. The van der Waals surface area contributed by atoms with Crippen LogP contribution in [0.25, 0.3) is 0 Å². The molecule has 0 spiro atoms. The molecule has 1 aromatic carbocycles. The maximum Gasteiger partial charge on any atom is 0.368 e. The quantitative estimate of drug-likeness (QED) is 0.694. The summed E-state index contributed by atoms with van der Waals surface area (Å²) < 4.78 is 21.4. The van der Waals surface area contributed by atoms with Crippen molar-refractivity contribution in [1.82, 2.24) is 0 Å². The molecule has 1 rings (SSSR count). The van der Waals surface area contributed by atoms with E-state index in [4.69, 9.17) is 5.11 Å². The van der Waals surface area contributed by atoms with Crippen LogP contribution >= 0.6 is 0 Å². The zero-order valence-corrected chi connectivity index (χ0v) is 8.73. The summed E-state index contributed by atoms with van der Waals surface area (Å²) in [5, 5.41) is 8.70. The summed E-state index contributed by atoms with van der Waals surface area (Å²) in [4.78, 5) is 11.1.